The maximum absolute atomic E-state index is 11.3. The van der Waals surface area contributed by atoms with Crippen LogP contribution < -0.4 is 0 Å². The first-order valence-corrected chi connectivity index (χ1v) is 5.51. The van der Waals surface area contributed by atoms with Gasteiger partial charge in [0.15, 0.2) is 5.78 Å². The van der Waals surface area contributed by atoms with Crippen molar-refractivity contribution in [2.24, 2.45) is 5.11 Å². The first-order valence-electron chi connectivity index (χ1n) is 5.13. The van der Waals surface area contributed by atoms with E-state index in [1.165, 1.54) is 6.92 Å². The van der Waals surface area contributed by atoms with Gasteiger partial charge >= 0.3 is 0 Å². The molecule has 17 heavy (non-hydrogen) atoms. The highest BCUT2D eigenvalue weighted by Crippen LogP contribution is 2.19. The average molecular weight is 250 g/mol. The monoisotopic (exact) mass is 249 g/mol. The number of benzene rings is 1. The fraction of sp³-hybridized carbons (Fsp3) is 0.250. The third-order valence-electron chi connectivity index (χ3n) is 2.14. The molecule has 0 unspecified atom stereocenters. The highest BCUT2D eigenvalue weighted by atomic mass is 35.5. The maximum atomic E-state index is 11.3. The Morgan fingerprint density at radius 1 is 1.59 bits per heavy atom. The summed E-state index contributed by atoms with van der Waals surface area (Å²) in [5.74, 6) is -0.0562. The number of ketones is 1. The normalized spacial score (nSPS) is 10.2. The highest BCUT2D eigenvalue weighted by Gasteiger charge is 2.04. The van der Waals surface area contributed by atoms with E-state index in [9.17, 15) is 4.79 Å². The van der Waals surface area contributed by atoms with Crippen LogP contribution in [0.4, 0.5) is 0 Å². The summed E-state index contributed by atoms with van der Waals surface area (Å²) in [6.45, 7) is 1.91. The van der Waals surface area contributed by atoms with Gasteiger partial charge in [-0.2, -0.15) is 0 Å². The van der Waals surface area contributed by atoms with Gasteiger partial charge in [0.2, 0.25) is 0 Å². The van der Waals surface area contributed by atoms with Crippen LogP contribution in [0.15, 0.2) is 29.4 Å². The van der Waals surface area contributed by atoms with Gasteiger partial charge in [0.25, 0.3) is 0 Å². The van der Waals surface area contributed by atoms with Crippen LogP contribution in [0.5, 0.6) is 0 Å². The lowest BCUT2D eigenvalue weighted by Crippen LogP contribution is -1.93. The molecule has 0 aliphatic carbocycles. The Morgan fingerprint density at radius 2 is 2.35 bits per heavy atom. The second-order valence-corrected chi connectivity index (χ2v) is 3.85. The minimum atomic E-state index is -0.0562. The van der Waals surface area contributed by atoms with Gasteiger partial charge in [-0.15, -0.1) is 0 Å². The molecule has 0 amide bonds. The number of hydrogen-bond acceptors (Lipinski definition) is 2. The lowest BCUT2D eigenvalue weighted by atomic mass is 10.1. The molecule has 0 aliphatic rings. The highest BCUT2D eigenvalue weighted by molar-refractivity contribution is 6.33. The summed E-state index contributed by atoms with van der Waals surface area (Å²) in [6.07, 6.45) is 4.43. The fourth-order valence-corrected chi connectivity index (χ4v) is 1.56. The van der Waals surface area contributed by atoms with Crippen LogP contribution in [-0.2, 0) is 0 Å². The van der Waals surface area contributed by atoms with Crippen molar-refractivity contribution in [1.82, 2.24) is 0 Å². The predicted octanol–water partition coefficient (Wildman–Crippen LogP) is 4.26. The van der Waals surface area contributed by atoms with Gasteiger partial charge in [-0.1, -0.05) is 34.9 Å². The van der Waals surface area contributed by atoms with Crippen LogP contribution in [0.25, 0.3) is 16.5 Å². The van der Waals surface area contributed by atoms with Crippen LogP contribution >= 0.6 is 11.6 Å². The van der Waals surface area contributed by atoms with Crippen molar-refractivity contribution in [3.8, 4) is 0 Å². The molecule has 0 aromatic heterocycles. The first-order chi connectivity index (χ1) is 8.15. The van der Waals surface area contributed by atoms with Gasteiger partial charge in [0.05, 0.1) is 5.02 Å². The summed E-state index contributed by atoms with van der Waals surface area (Å²) in [6, 6.07) is 5.28. The molecule has 0 heterocycles. The number of carbonyl (C=O) groups excluding carboxylic acids is 1. The van der Waals surface area contributed by atoms with Gasteiger partial charge < -0.3 is 0 Å². The second kappa shape index (κ2) is 6.74. The van der Waals surface area contributed by atoms with Crippen LogP contribution in [0.2, 0.25) is 5.02 Å². The summed E-state index contributed by atoms with van der Waals surface area (Å²) in [4.78, 5) is 13.9. The molecule has 1 aromatic rings. The van der Waals surface area contributed by atoms with Crippen molar-refractivity contribution in [3.05, 3.63) is 50.9 Å². The third-order valence-corrected chi connectivity index (χ3v) is 2.47. The molecule has 0 N–H and O–H groups in total. The number of hydrogen-bond donors (Lipinski definition) is 0. The average Bonchev–Trinajstić information content (AvgIpc) is 2.30. The molecule has 88 valence electrons. The molecule has 4 nitrogen and oxygen atoms in total. The SMILES string of the molecule is CC(=O)c1cc(C=CCCN=[N+]=[N-])ccc1Cl. The van der Waals surface area contributed by atoms with Crippen LogP contribution in [0.1, 0.15) is 29.3 Å². The number of rotatable bonds is 5. The van der Waals surface area contributed by atoms with Crippen molar-refractivity contribution in [2.45, 2.75) is 13.3 Å². The maximum Gasteiger partial charge on any atom is 0.161 e. The van der Waals surface area contributed by atoms with Crippen LogP contribution in [-0.4, -0.2) is 12.3 Å². The van der Waals surface area contributed by atoms with Crippen molar-refractivity contribution < 1.29 is 4.79 Å². The first kappa shape index (κ1) is 13.3. The van der Waals surface area contributed by atoms with Crippen molar-refractivity contribution in [1.29, 1.82) is 0 Å². The second-order valence-electron chi connectivity index (χ2n) is 3.44. The van der Waals surface area contributed by atoms with Gasteiger partial charge in [0.1, 0.15) is 0 Å². The van der Waals surface area contributed by atoms with E-state index in [-0.39, 0.29) is 5.78 Å². The topological polar surface area (TPSA) is 65.8 Å². The van der Waals surface area contributed by atoms with Gasteiger partial charge in [-0.05, 0) is 36.6 Å². The molecular weight excluding hydrogens is 238 g/mol. The van der Waals surface area contributed by atoms with E-state index < -0.39 is 0 Å². The van der Waals surface area contributed by atoms with Gasteiger partial charge in [-0.25, -0.2) is 0 Å². The molecule has 0 fully saturated rings. The minimum Gasteiger partial charge on any atom is -0.294 e. The Kier molecular flexibility index (Phi) is 5.27. The smallest absolute Gasteiger partial charge is 0.161 e. The van der Waals surface area contributed by atoms with E-state index in [1.54, 1.807) is 12.1 Å². The molecule has 0 aliphatic heterocycles. The Morgan fingerprint density at radius 3 is 3.00 bits per heavy atom. The summed E-state index contributed by atoms with van der Waals surface area (Å²) in [7, 11) is 0. The van der Waals surface area contributed by atoms with E-state index >= 15 is 0 Å². The quantitative estimate of drug-likeness (QED) is 0.253. The number of nitrogens with zero attached hydrogens (tertiary/aromatic N) is 3. The van der Waals surface area contributed by atoms with E-state index in [1.807, 2.05) is 18.2 Å². The molecule has 0 radical (unpaired) electrons. The predicted molar refractivity (Wildman–Crippen MR) is 69.1 cm³/mol. The molecule has 1 rings (SSSR count). The molecule has 0 spiro atoms. The Balaban J connectivity index is 2.75. The minimum absolute atomic E-state index is 0.0562. The Labute approximate surface area is 105 Å². The molecule has 1 aromatic carbocycles. The number of carbonyl (C=O) groups is 1. The summed E-state index contributed by atoms with van der Waals surface area (Å²) in [5.41, 5.74) is 9.51. The molecule has 0 saturated carbocycles. The summed E-state index contributed by atoms with van der Waals surface area (Å²) in [5, 5.41) is 3.88. The van der Waals surface area contributed by atoms with Crippen molar-refractivity contribution >= 4 is 23.5 Å². The van der Waals surface area contributed by atoms with Crippen molar-refractivity contribution in [2.75, 3.05) is 6.54 Å². The van der Waals surface area contributed by atoms with E-state index in [0.717, 1.165) is 5.56 Å². The third kappa shape index (κ3) is 4.31. The van der Waals surface area contributed by atoms with Crippen LogP contribution in [0, 0.1) is 0 Å². The van der Waals surface area contributed by atoms with E-state index in [4.69, 9.17) is 17.1 Å². The van der Waals surface area contributed by atoms with E-state index in [0.29, 0.717) is 23.6 Å². The summed E-state index contributed by atoms with van der Waals surface area (Å²) >= 11 is 5.89. The molecule has 0 bridgehead atoms. The zero-order valence-electron chi connectivity index (χ0n) is 9.43. The standard InChI is InChI=1S/C12H12ClN3O/c1-9(17)11-8-10(5-6-12(11)13)4-2-3-7-15-16-14/h2,4-6,8H,3,7H2,1H3. The summed E-state index contributed by atoms with van der Waals surface area (Å²) < 4.78 is 0. The Hall–Kier alpha value is -1.77. The lowest BCUT2D eigenvalue weighted by Gasteiger charge is -2.01. The zero-order valence-corrected chi connectivity index (χ0v) is 10.2. The fourth-order valence-electron chi connectivity index (χ4n) is 1.31. The van der Waals surface area contributed by atoms with Crippen molar-refractivity contribution in [3.63, 3.8) is 0 Å². The molecular formula is C12H12ClN3O. The number of halogens is 1. The Bertz CT molecular complexity index is 491. The van der Waals surface area contributed by atoms with Crippen LogP contribution in [0.3, 0.4) is 0 Å². The largest absolute Gasteiger partial charge is 0.294 e. The molecule has 0 saturated heterocycles. The van der Waals surface area contributed by atoms with Gasteiger partial charge in [-0.3, -0.25) is 4.79 Å². The van der Waals surface area contributed by atoms with E-state index in [2.05, 4.69) is 10.0 Å². The number of azide groups is 1. The zero-order chi connectivity index (χ0) is 12.7. The molecule has 5 heteroatoms. The van der Waals surface area contributed by atoms with Gasteiger partial charge in [0, 0.05) is 17.0 Å². The molecule has 0 atom stereocenters. The number of Topliss-reactive ketones (excluding diaryl/α,β-unsaturated/α-hetero) is 1. The lowest BCUT2D eigenvalue weighted by molar-refractivity contribution is 0.101.